The number of nitrogens with zero attached hydrogens (tertiary/aromatic N) is 2. The van der Waals surface area contributed by atoms with Crippen LogP contribution in [0.2, 0.25) is 0 Å². The van der Waals surface area contributed by atoms with Gasteiger partial charge in [0.2, 0.25) is 0 Å². The number of thiocarbonyl (C=S) groups is 1. The maximum Gasteiger partial charge on any atom is 0.171 e. The Morgan fingerprint density at radius 2 is 2.11 bits per heavy atom. The van der Waals surface area contributed by atoms with Gasteiger partial charge in [-0.25, -0.2) is 0 Å². The number of anilines is 1. The molecule has 0 spiro atoms. The number of hydrogen-bond donors (Lipinski definition) is 2. The molecule has 0 saturated heterocycles. The van der Waals surface area contributed by atoms with Crippen LogP contribution < -0.4 is 10.6 Å². The van der Waals surface area contributed by atoms with E-state index in [2.05, 4.69) is 34.8 Å². The van der Waals surface area contributed by atoms with Crippen molar-refractivity contribution in [3.8, 4) is 0 Å². The third-order valence-corrected chi connectivity index (χ3v) is 3.12. The van der Waals surface area contributed by atoms with E-state index in [-0.39, 0.29) is 0 Å². The van der Waals surface area contributed by atoms with Crippen LogP contribution in [0.1, 0.15) is 17.0 Å². The molecule has 2 N–H and O–H groups in total. The molecule has 2 aromatic rings. The van der Waals surface area contributed by atoms with Crippen LogP contribution in [0.15, 0.2) is 30.3 Å². The van der Waals surface area contributed by atoms with Gasteiger partial charge >= 0.3 is 0 Å². The maximum atomic E-state index is 5.26. The van der Waals surface area contributed by atoms with Gasteiger partial charge in [-0.15, -0.1) is 0 Å². The van der Waals surface area contributed by atoms with E-state index in [1.54, 1.807) is 0 Å². The molecule has 5 heteroatoms. The van der Waals surface area contributed by atoms with Crippen molar-refractivity contribution in [3.63, 3.8) is 0 Å². The SMILES string of the molecule is Cc1cccc(NC(=S)NCc2cc(C)n(C)n2)c1. The van der Waals surface area contributed by atoms with Crippen molar-refractivity contribution in [3.05, 3.63) is 47.3 Å². The molecular formula is C14H18N4S. The first-order valence-electron chi connectivity index (χ1n) is 6.15. The standard InChI is InChI=1S/C14H18N4S/c1-10-5-4-6-12(7-10)16-14(19)15-9-13-8-11(2)18(3)17-13/h4-8H,9H2,1-3H3,(H2,15,16,19). The number of rotatable bonds is 3. The fourth-order valence-corrected chi connectivity index (χ4v) is 1.98. The second-order valence-electron chi connectivity index (χ2n) is 4.58. The van der Waals surface area contributed by atoms with E-state index < -0.39 is 0 Å². The van der Waals surface area contributed by atoms with Crippen molar-refractivity contribution in [2.75, 3.05) is 5.32 Å². The van der Waals surface area contributed by atoms with Gasteiger partial charge < -0.3 is 10.6 Å². The summed E-state index contributed by atoms with van der Waals surface area (Å²) < 4.78 is 1.86. The van der Waals surface area contributed by atoms with Crippen LogP contribution in [0.3, 0.4) is 0 Å². The van der Waals surface area contributed by atoms with Crippen molar-refractivity contribution >= 4 is 23.0 Å². The highest BCUT2D eigenvalue weighted by Crippen LogP contribution is 2.09. The van der Waals surface area contributed by atoms with Gasteiger partial charge in [0.05, 0.1) is 12.2 Å². The topological polar surface area (TPSA) is 41.9 Å². The fourth-order valence-electron chi connectivity index (χ4n) is 1.79. The number of aromatic nitrogens is 2. The van der Waals surface area contributed by atoms with Crippen molar-refractivity contribution in [2.45, 2.75) is 20.4 Å². The first kappa shape index (κ1) is 13.5. The number of nitrogens with one attached hydrogen (secondary N) is 2. The Hall–Kier alpha value is -1.88. The lowest BCUT2D eigenvalue weighted by Crippen LogP contribution is -2.28. The second kappa shape index (κ2) is 5.84. The summed E-state index contributed by atoms with van der Waals surface area (Å²) in [6.07, 6.45) is 0. The van der Waals surface area contributed by atoms with Gasteiger partial charge in [-0.05, 0) is 49.8 Å². The number of benzene rings is 1. The first-order chi connectivity index (χ1) is 9.04. The van der Waals surface area contributed by atoms with Gasteiger partial charge in [-0.1, -0.05) is 12.1 Å². The normalized spacial score (nSPS) is 10.3. The van der Waals surface area contributed by atoms with Crippen LogP contribution in [-0.4, -0.2) is 14.9 Å². The molecule has 0 saturated carbocycles. The summed E-state index contributed by atoms with van der Waals surface area (Å²) in [7, 11) is 1.93. The lowest BCUT2D eigenvalue weighted by atomic mass is 10.2. The summed E-state index contributed by atoms with van der Waals surface area (Å²) in [6.45, 7) is 4.71. The zero-order valence-electron chi connectivity index (χ0n) is 11.4. The monoisotopic (exact) mass is 274 g/mol. The van der Waals surface area contributed by atoms with E-state index in [9.17, 15) is 0 Å². The van der Waals surface area contributed by atoms with Crippen molar-refractivity contribution < 1.29 is 0 Å². The Balaban J connectivity index is 1.88. The molecule has 100 valence electrons. The Kier molecular flexibility index (Phi) is 4.16. The molecule has 1 aromatic heterocycles. The van der Waals surface area contributed by atoms with E-state index >= 15 is 0 Å². The minimum atomic E-state index is 0.605. The Bertz CT molecular complexity index is 569. The van der Waals surface area contributed by atoms with Crippen LogP contribution in [0.25, 0.3) is 0 Å². The predicted molar refractivity (Wildman–Crippen MR) is 82.2 cm³/mol. The lowest BCUT2D eigenvalue weighted by molar-refractivity contribution is 0.712. The van der Waals surface area contributed by atoms with Crippen LogP contribution >= 0.6 is 12.2 Å². The molecule has 0 radical (unpaired) electrons. The predicted octanol–water partition coefficient (Wildman–Crippen LogP) is 2.52. The zero-order chi connectivity index (χ0) is 13.8. The van der Waals surface area contributed by atoms with Crippen molar-refractivity contribution in [1.29, 1.82) is 0 Å². The van der Waals surface area contributed by atoms with Crippen molar-refractivity contribution in [1.82, 2.24) is 15.1 Å². The summed E-state index contributed by atoms with van der Waals surface area (Å²) in [5.74, 6) is 0. The average molecular weight is 274 g/mol. The summed E-state index contributed by atoms with van der Waals surface area (Å²) in [5, 5.41) is 11.3. The Labute approximate surface area is 118 Å². The molecule has 4 nitrogen and oxygen atoms in total. The lowest BCUT2D eigenvalue weighted by Gasteiger charge is -2.09. The molecule has 1 heterocycles. The summed E-state index contributed by atoms with van der Waals surface area (Å²) in [6, 6.07) is 10.1. The van der Waals surface area contributed by atoms with Gasteiger partial charge in [0.15, 0.2) is 5.11 Å². The summed E-state index contributed by atoms with van der Waals surface area (Å²) in [4.78, 5) is 0. The van der Waals surface area contributed by atoms with Gasteiger partial charge in [0, 0.05) is 18.4 Å². The average Bonchev–Trinajstić information content (AvgIpc) is 2.66. The summed E-state index contributed by atoms with van der Waals surface area (Å²) >= 11 is 5.26. The molecule has 0 aliphatic heterocycles. The highest BCUT2D eigenvalue weighted by Gasteiger charge is 2.02. The van der Waals surface area contributed by atoms with Crippen LogP contribution in [0.4, 0.5) is 5.69 Å². The van der Waals surface area contributed by atoms with Crippen LogP contribution in [-0.2, 0) is 13.6 Å². The Morgan fingerprint density at radius 3 is 2.74 bits per heavy atom. The highest BCUT2D eigenvalue weighted by molar-refractivity contribution is 7.80. The van der Waals surface area contributed by atoms with Crippen LogP contribution in [0, 0.1) is 13.8 Å². The van der Waals surface area contributed by atoms with E-state index in [0.29, 0.717) is 11.7 Å². The molecular weight excluding hydrogens is 256 g/mol. The van der Waals surface area contributed by atoms with Crippen LogP contribution in [0.5, 0.6) is 0 Å². The molecule has 0 bridgehead atoms. The second-order valence-corrected chi connectivity index (χ2v) is 4.99. The Morgan fingerprint density at radius 1 is 1.32 bits per heavy atom. The third kappa shape index (κ3) is 3.79. The summed E-state index contributed by atoms with van der Waals surface area (Å²) in [5.41, 5.74) is 4.31. The minimum Gasteiger partial charge on any atom is -0.357 e. The first-order valence-corrected chi connectivity index (χ1v) is 6.56. The molecule has 0 aliphatic carbocycles. The number of hydrogen-bond acceptors (Lipinski definition) is 2. The smallest absolute Gasteiger partial charge is 0.171 e. The van der Waals surface area contributed by atoms with Gasteiger partial charge in [0.1, 0.15) is 0 Å². The van der Waals surface area contributed by atoms with E-state index in [0.717, 1.165) is 17.1 Å². The van der Waals surface area contributed by atoms with Crippen molar-refractivity contribution in [2.24, 2.45) is 7.05 Å². The molecule has 19 heavy (non-hydrogen) atoms. The minimum absolute atomic E-state index is 0.605. The van der Waals surface area contributed by atoms with Gasteiger partial charge in [-0.2, -0.15) is 5.10 Å². The number of aryl methyl sites for hydroxylation is 3. The molecule has 0 aliphatic rings. The molecule has 2 rings (SSSR count). The third-order valence-electron chi connectivity index (χ3n) is 2.87. The quantitative estimate of drug-likeness (QED) is 0.844. The zero-order valence-corrected chi connectivity index (χ0v) is 12.2. The van der Waals surface area contributed by atoms with E-state index in [4.69, 9.17) is 12.2 Å². The molecule has 0 fully saturated rings. The van der Waals surface area contributed by atoms with E-state index in [1.165, 1.54) is 5.56 Å². The van der Waals surface area contributed by atoms with Gasteiger partial charge in [-0.3, -0.25) is 4.68 Å². The largest absolute Gasteiger partial charge is 0.357 e. The maximum absolute atomic E-state index is 5.26. The molecule has 0 unspecified atom stereocenters. The highest BCUT2D eigenvalue weighted by atomic mass is 32.1. The van der Waals surface area contributed by atoms with E-state index in [1.807, 2.05) is 36.9 Å². The molecule has 1 aromatic carbocycles. The molecule has 0 atom stereocenters. The van der Waals surface area contributed by atoms with Gasteiger partial charge in [0.25, 0.3) is 0 Å². The fraction of sp³-hybridized carbons (Fsp3) is 0.286. The molecule has 0 amide bonds.